The Morgan fingerprint density at radius 1 is 1.08 bits per heavy atom. The van der Waals surface area contributed by atoms with Gasteiger partial charge in [0.2, 0.25) is 11.5 Å². The van der Waals surface area contributed by atoms with Crippen LogP contribution < -0.4 is 5.32 Å². The van der Waals surface area contributed by atoms with Crippen molar-refractivity contribution in [1.29, 1.82) is 0 Å². The number of likely N-dealkylation sites (N-methyl/N-ethyl adjacent to an activating group) is 1. The number of amides is 1. The highest BCUT2D eigenvalue weighted by atomic mass is 19.4. The minimum absolute atomic E-state index is 0.0607. The number of hydrogen-bond donors (Lipinski definition) is 2. The van der Waals surface area contributed by atoms with Crippen LogP contribution in [-0.2, 0) is 23.6 Å². The molecule has 0 radical (unpaired) electrons. The van der Waals surface area contributed by atoms with Crippen LogP contribution in [0.2, 0.25) is 0 Å². The van der Waals surface area contributed by atoms with Gasteiger partial charge in [0.1, 0.15) is 5.69 Å². The molecular weight excluding hydrogens is 481 g/mol. The van der Waals surface area contributed by atoms with E-state index in [9.17, 15) is 23.1 Å². The Kier molecular flexibility index (Phi) is 5.47. The minimum Gasteiger partial charge on any atom is -0.373 e. The third-order valence-electron chi connectivity index (χ3n) is 5.71. The van der Waals surface area contributed by atoms with Crippen LogP contribution in [0.25, 0.3) is 22.8 Å². The molecular formula is C22H19F3N8O3. The first-order chi connectivity index (χ1) is 17.0. The van der Waals surface area contributed by atoms with E-state index in [1.807, 2.05) is 0 Å². The zero-order chi connectivity index (χ0) is 25.7. The number of rotatable bonds is 5. The summed E-state index contributed by atoms with van der Waals surface area (Å²) >= 11 is 0. The van der Waals surface area contributed by atoms with E-state index < -0.39 is 23.2 Å². The molecule has 1 aliphatic rings. The maximum atomic E-state index is 13.7. The summed E-state index contributed by atoms with van der Waals surface area (Å²) in [6.45, 7) is 0.292. The van der Waals surface area contributed by atoms with E-state index in [2.05, 4.69) is 30.5 Å². The quantitative estimate of drug-likeness (QED) is 0.424. The molecule has 14 heteroatoms. The normalized spacial score (nSPS) is 18.2. The van der Waals surface area contributed by atoms with E-state index in [0.29, 0.717) is 12.4 Å². The maximum Gasteiger partial charge on any atom is 0.416 e. The molecule has 11 nitrogen and oxygen atoms in total. The zero-order valence-electron chi connectivity index (χ0n) is 19.0. The fraction of sp³-hybridized carbons (Fsp3) is 0.273. The van der Waals surface area contributed by atoms with Crippen LogP contribution in [0.15, 0.2) is 47.2 Å². The van der Waals surface area contributed by atoms with Crippen molar-refractivity contribution in [3.05, 3.63) is 54.0 Å². The van der Waals surface area contributed by atoms with Gasteiger partial charge in [-0.05, 0) is 18.2 Å². The van der Waals surface area contributed by atoms with E-state index in [-0.39, 0.29) is 40.9 Å². The number of likely N-dealkylation sites (tertiary alicyclic amines) is 1. The Hall–Kier alpha value is -4.33. The fourth-order valence-electron chi connectivity index (χ4n) is 3.79. The van der Waals surface area contributed by atoms with Crippen LogP contribution in [0.5, 0.6) is 0 Å². The average molecular weight is 500 g/mol. The lowest BCUT2D eigenvalue weighted by molar-refractivity contribution is -0.144. The first-order valence-electron chi connectivity index (χ1n) is 10.7. The number of aryl methyl sites for hydroxylation is 1. The average Bonchev–Trinajstić information content (AvgIpc) is 3.56. The van der Waals surface area contributed by atoms with Crippen molar-refractivity contribution >= 4 is 17.7 Å². The summed E-state index contributed by atoms with van der Waals surface area (Å²) in [7, 11) is 3.25. The number of alkyl halides is 3. The first kappa shape index (κ1) is 23.4. The smallest absolute Gasteiger partial charge is 0.373 e. The van der Waals surface area contributed by atoms with Gasteiger partial charge in [0.25, 0.3) is 5.91 Å². The van der Waals surface area contributed by atoms with Crippen molar-refractivity contribution in [3.8, 4) is 22.8 Å². The van der Waals surface area contributed by atoms with Gasteiger partial charge < -0.3 is 19.8 Å². The second-order valence-corrected chi connectivity index (χ2v) is 8.30. The molecule has 0 saturated carbocycles. The number of nitrogens with one attached hydrogen (secondary N) is 1. The molecule has 186 valence electrons. The number of aromatic nitrogens is 6. The van der Waals surface area contributed by atoms with Gasteiger partial charge in [-0.15, -0.1) is 0 Å². The highest BCUT2D eigenvalue weighted by Crippen LogP contribution is 2.37. The molecule has 1 unspecified atom stereocenters. The maximum absolute atomic E-state index is 13.7. The van der Waals surface area contributed by atoms with Gasteiger partial charge in [-0.3, -0.25) is 9.48 Å². The van der Waals surface area contributed by atoms with E-state index in [4.69, 9.17) is 4.52 Å². The summed E-state index contributed by atoms with van der Waals surface area (Å²) < 4.78 is 47.9. The van der Waals surface area contributed by atoms with Crippen molar-refractivity contribution in [2.45, 2.75) is 18.2 Å². The van der Waals surface area contributed by atoms with Crippen molar-refractivity contribution < 1.29 is 27.6 Å². The number of carbonyl (C=O) groups is 1. The molecule has 0 aromatic carbocycles. The van der Waals surface area contributed by atoms with Crippen molar-refractivity contribution in [2.75, 3.05) is 18.9 Å². The first-order valence-corrected chi connectivity index (χ1v) is 10.7. The number of halogens is 3. The third-order valence-corrected chi connectivity index (χ3v) is 5.71. The van der Waals surface area contributed by atoms with E-state index >= 15 is 0 Å². The molecule has 1 amide bonds. The highest BCUT2D eigenvalue weighted by Gasteiger charge is 2.48. The Labute approximate surface area is 201 Å². The van der Waals surface area contributed by atoms with Gasteiger partial charge in [0.05, 0.1) is 22.6 Å². The number of pyridine rings is 1. The molecule has 4 aromatic heterocycles. The molecule has 1 saturated heterocycles. The molecule has 1 aliphatic heterocycles. The van der Waals surface area contributed by atoms with Crippen LogP contribution >= 0.6 is 0 Å². The number of hydrogen-bond acceptors (Lipinski definition) is 9. The Bertz CT molecular complexity index is 1450. The van der Waals surface area contributed by atoms with Crippen molar-refractivity contribution in [3.63, 3.8) is 0 Å². The monoisotopic (exact) mass is 500 g/mol. The van der Waals surface area contributed by atoms with E-state index in [0.717, 1.165) is 12.1 Å². The SMILES string of the molecule is CN1CCC(O)(c2cc(-c3cc(C(F)(F)F)cc(-c4ccnc(Nc5ccn(C)n5)n4)n3)no2)C1=O. The summed E-state index contributed by atoms with van der Waals surface area (Å²) in [6, 6.07) is 5.99. The third kappa shape index (κ3) is 4.26. The predicted molar refractivity (Wildman–Crippen MR) is 118 cm³/mol. The van der Waals surface area contributed by atoms with Gasteiger partial charge in [0.15, 0.2) is 11.6 Å². The summed E-state index contributed by atoms with van der Waals surface area (Å²) in [6.07, 6.45) is -1.55. The number of anilines is 2. The lowest BCUT2D eigenvalue weighted by Gasteiger charge is -2.16. The van der Waals surface area contributed by atoms with Gasteiger partial charge in [-0.1, -0.05) is 5.16 Å². The van der Waals surface area contributed by atoms with Crippen LogP contribution in [0.1, 0.15) is 17.7 Å². The molecule has 2 N–H and O–H groups in total. The minimum atomic E-state index is -4.69. The molecule has 0 spiro atoms. The van der Waals surface area contributed by atoms with Gasteiger partial charge in [-0.2, -0.15) is 18.3 Å². The lowest BCUT2D eigenvalue weighted by Crippen LogP contribution is -2.35. The number of aliphatic hydroxyl groups is 1. The summed E-state index contributed by atoms with van der Waals surface area (Å²) in [4.78, 5) is 26.3. The molecule has 0 bridgehead atoms. The standard InChI is InChI=1S/C22H19F3N8O3/c1-32-8-5-21(35,19(32)34)17-11-16(31-36-17)15-10-12(22(23,24)25)9-14(27-15)13-3-6-26-20(28-13)29-18-4-7-33(2)30-18/h3-4,6-7,9-11,35H,5,8H2,1-2H3,(H,26,28,29,30). The van der Waals surface area contributed by atoms with Crippen LogP contribution in [0.4, 0.5) is 24.9 Å². The second kappa shape index (κ2) is 8.41. The summed E-state index contributed by atoms with van der Waals surface area (Å²) in [5.74, 6) is -0.192. The largest absolute Gasteiger partial charge is 0.416 e. The van der Waals surface area contributed by atoms with Crippen LogP contribution in [-0.4, -0.2) is 59.4 Å². The highest BCUT2D eigenvalue weighted by molar-refractivity contribution is 5.87. The van der Waals surface area contributed by atoms with Crippen molar-refractivity contribution in [1.82, 2.24) is 34.8 Å². The fourth-order valence-corrected chi connectivity index (χ4v) is 3.79. The number of nitrogens with zero attached hydrogens (tertiary/aromatic N) is 7. The topological polar surface area (TPSA) is 135 Å². The lowest BCUT2D eigenvalue weighted by atomic mass is 9.98. The van der Waals surface area contributed by atoms with E-state index in [1.165, 1.54) is 30.3 Å². The van der Waals surface area contributed by atoms with Gasteiger partial charge in [0, 0.05) is 51.6 Å². The zero-order valence-corrected chi connectivity index (χ0v) is 19.0. The molecule has 36 heavy (non-hydrogen) atoms. The Balaban J connectivity index is 1.53. The van der Waals surface area contributed by atoms with Gasteiger partial charge in [-0.25, -0.2) is 15.0 Å². The predicted octanol–water partition coefficient (Wildman–Crippen LogP) is 2.74. The molecule has 1 fully saturated rings. The second-order valence-electron chi connectivity index (χ2n) is 8.30. The molecule has 0 aliphatic carbocycles. The molecule has 1 atom stereocenters. The number of carbonyl (C=O) groups excluding carboxylic acids is 1. The Morgan fingerprint density at radius 3 is 2.47 bits per heavy atom. The van der Waals surface area contributed by atoms with Crippen molar-refractivity contribution in [2.24, 2.45) is 7.05 Å². The van der Waals surface area contributed by atoms with Crippen LogP contribution in [0.3, 0.4) is 0 Å². The van der Waals surface area contributed by atoms with Gasteiger partial charge >= 0.3 is 6.18 Å². The molecule has 5 rings (SSSR count). The summed E-state index contributed by atoms with van der Waals surface area (Å²) in [5, 5.41) is 21.6. The van der Waals surface area contributed by atoms with E-state index in [1.54, 1.807) is 24.0 Å². The summed E-state index contributed by atoms with van der Waals surface area (Å²) in [5.41, 5.74) is -3.15. The van der Waals surface area contributed by atoms with Crippen LogP contribution in [0, 0.1) is 0 Å². The Morgan fingerprint density at radius 2 is 1.83 bits per heavy atom. The molecule has 5 heterocycles. The molecule has 4 aromatic rings.